The van der Waals surface area contributed by atoms with Crippen LogP contribution in [0, 0.1) is 0 Å². The van der Waals surface area contributed by atoms with Crippen LogP contribution in [0.25, 0.3) is 0 Å². The van der Waals surface area contributed by atoms with Crippen molar-refractivity contribution >= 4 is 11.8 Å². The van der Waals surface area contributed by atoms with Crippen LogP contribution in [0.1, 0.15) is 18.5 Å². The standard InChI is InChI=1S/C12H19NO2S/c1-9(13)10-3-5-12(6-4-10)16-8-11(14)7-15-2/h3-6,9,11,14H,7-8,13H2,1-2H3. The molecule has 0 aliphatic carbocycles. The summed E-state index contributed by atoms with van der Waals surface area (Å²) in [4.78, 5) is 1.14. The minimum absolute atomic E-state index is 0.0677. The number of rotatable bonds is 6. The molecule has 0 aliphatic rings. The van der Waals surface area contributed by atoms with Crippen molar-refractivity contribution < 1.29 is 9.84 Å². The van der Waals surface area contributed by atoms with Crippen LogP contribution < -0.4 is 5.73 Å². The summed E-state index contributed by atoms with van der Waals surface area (Å²) < 4.78 is 4.86. The van der Waals surface area contributed by atoms with Crippen LogP contribution in [0.3, 0.4) is 0 Å². The van der Waals surface area contributed by atoms with E-state index in [9.17, 15) is 5.11 Å². The molecule has 0 bridgehead atoms. The Morgan fingerprint density at radius 3 is 2.50 bits per heavy atom. The summed E-state index contributed by atoms with van der Waals surface area (Å²) in [5.41, 5.74) is 6.89. The van der Waals surface area contributed by atoms with Crippen molar-refractivity contribution in [2.45, 2.75) is 24.0 Å². The lowest BCUT2D eigenvalue weighted by atomic mass is 10.1. The van der Waals surface area contributed by atoms with E-state index in [1.807, 2.05) is 31.2 Å². The lowest BCUT2D eigenvalue weighted by Gasteiger charge is -2.10. The molecule has 3 N–H and O–H groups in total. The van der Waals surface area contributed by atoms with Crippen molar-refractivity contribution in [2.24, 2.45) is 5.73 Å². The summed E-state index contributed by atoms with van der Waals surface area (Å²) in [7, 11) is 1.59. The topological polar surface area (TPSA) is 55.5 Å². The second kappa shape index (κ2) is 6.91. The Bertz CT molecular complexity index is 300. The van der Waals surface area contributed by atoms with E-state index in [0.717, 1.165) is 10.5 Å². The summed E-state index contributed by atoms with van der Waals surface area (Å²) in [6.07, 6.45) is -0.414. The quantitative estimate of drug-likeness (QED) is 0.746. The van der Waals surface area contributed by atoms with Gasteiger partial charge in [0.1, 0.15) is 0 Å². The molecule has 0 saturated carbocycles. The van der Waals surface area contributed by atoms with Gasteiger partial charge in [0.05, 0.1) is 12.7 Å². The lowest BCUT2D eigenvalue weighted by molar-refractivity contribution is 0.0794. The van der Waals surface area contributed by atoms with E-state index >= 15 is 0 Å². The van der Waals surface area contributed by atoms with E-state index in [2.05, 4.69) is 0 Å². The smallest absolute Gasteiger partial charge is 0.0867 e. The average Bonchev–Trinajstić information content (AvgIpc) is 2.27. The van der Waals surface area contributed by atoms with Crippen molar-refractivity contribution in [3.63, 3.8) is 0 Å². The maximum atomic E-state index is 9.49. The van der Waals surface area contributed by atoms with Crippen molar-refractivity contribution in [3.8, 4) is 0 Å². The SMILES string of the molecule is COCC(O)CSc1ccc(C(C)N)cc1. The van der Waals surface area contributed by atoms with Gasteiger partial charge in [0, 0.05) is 23.8 Å². The molecule has 1 aromatic carbocycles. The molecule has 0 aromatic heterocycles. The molecule has 0 heterocycles. The number of hydrogen-bond donors (Lipinski definition) is 2. The van der Waals surface area contributed by atoms with E-state index in [4.69, 9.17) is 10.5 Å². The third-order valence-corrected chi connectivity index (χ3v) is 3.36. The Labute approximate surface area is 101 Å². The fourth-order valence-corrected chi connectivity index (χ4v) is 2.11. The molecule has 0 aliphatic heterocycles. The molecule has 16 heavy (non-hydrogen) atoms. The van der Waals surface area contributed by atoms with E-state index < -0.39 is 6.10 Å². The van der Waals surface area contributed by atoms with Gasteiger partial charge >= 0.3 is 0 Å². The molecule has 0 radical (unpaired) electrons. The molecular formula is C12H19NO2S. The molecule has 2 atom stereocenters. The Kier molecular flexibility index (Phi) is 5.84. The number of benzene rings is 1. The first-order valence-electron chi connectivity index (χ1n) is 5.29. The molecule has 0 spiro atoms. The molecule has 90 valence electrons. The zero-order valence-corrected chi connectivity index (χ0v) is 10.5. The van der Waals surface area contributed by atoms with Crippen LogP contribution in [0.2, 0.25) is 0 Å². The second-order valence-corrected chi connectivity index (χ2v) is 4.87. The van der Waals surface area contributed by atoms with E-state index in [0.29, 0.717) is 12.4 Å². The highest BCUT2D eigenvalue weighted by Crippen LogP contribution is 2.21. The second-order valence-electron chi connectivity index (χ2n) is 3.78. The Hall–Kier alpha value is -0.550. The maximum Gasteiger partial charge on any atom is 0.0867 e. The summed E-state index contributed by atoms with van der Waals surface area (Å²) in [5.74, 6) is 0.644. The van der Waals surface area contributed by atoms with E-state index in [-0.39, 0.29) is 6.04 Å². The fraction of sp³-hybridized carbons (Fsp3) is 0.500. The third-order valence-electron chi connectivity index (χ3n) is 2.21. The number of thioether (sulfide) groups is 1. The van der Waals surface area contributed by atoms with Gasteiger partial charge in [0.15, 0.2) is 0 Å². The van der Waals surface area contributed by atoms with Crippen LogP contribution in [0.5, 0.6) is 0 Å². The molecule has 1 aromatic rings. The van der Waals surface area contributed by atoms with E-state index in [1.165, 1.54) is 0 Å². The molecule has 0 fully saturated rings. The molecule has 3 nitrogen and oxygen atoms in total. The summed E-state index contributed by atoms with van der Waals surface area (Å²) in [5, 5.41) is 9.49. The highest BCUT2D eigenvalue weighted by Gasteiger charge is 2.05. The van der Waals surface area contributed by atoms with Crippen LogP contribution >= 0.6 is 11.8 Å². The van der Waals surface area contributed by atoms with Gasteiger partial charge in [-0.25, -0.2) is 0 Å². The van der Waals surface area contributed by atoms with Crippen molar-refractivity contribution in [3.05, 3.63) is 29.8 Å². The minimum Gasteiger partial charge on any atom is -0.390 e. The van der Waals surface area contributed by atoms with Gasteiger partial charge in [-0.3, -0.25) is 0 Å². The predicted octanol–water partition coefficient (Wildman–Crippen LogP) is 1.81. The number of aliphatic hydroxyl groups excluding tert-OH is 1. The largest absolute Gasteiger partial charge is 0.390 e. The monoisotopic (exact) mass is 241 g/mol. The zero-order chi connectivity index (χ0) is 12.0. The van der Waals surface area contributed by atoms with Crippen LogP contribution in [-0.2, 0) is 4.74 Å². The summed E-state index contributed by atoms with van der Waals surface area (Å²) in [6, 6.07) is 8.18. The van der Waals surface area contributed by atoms with Crippen molar-refractivity contribution in [1.29, 1.82) is 0 Å². The molecule has 1 rings (SSSR count). The predicted molar refractivity (Wildman–Crippen MR) is 67.7 cm³/mol. The first-order chi connectivity index (χ1) is 7.63. The van der Waals surface area contributed by atoms with Crippen molar-refractivity contribution in [2.75, 3.05) is 19.5 Å². The fourth-order valence-electron chi connectivity index (χ4n) is 1.30. The van der Waals surface area contributed by atoms with Gasteiger partial charge in [0.2, 0.25) is 0 Å². The molecule has 0 saturated heterocycles. The maximum absolute atomic E-state index is 9.49. The highest BCUT2D eigenvalue weighted by atomic mass is 32.2. The minimum atomic E-state index is -0.414. The van der Waals surface area contributed by atoms with Gasteiger partial charge in [-0.2, -0.15) is 0 Å². The van der Waals surface area contributed by atoms with Crippen LogP contribution in [-0.4, -0.2) is 30.7 Å². The van der Waals surface area contributed by atoms with Gasteiger partial charge in [-0.15, -0.1) is 11.8 Å². The van der Waals surface area contributed by atoms with Crippen LogP contribution in [0.15, 0.2) is 29.2 Å². The first-order valence-corrected chi connectivity index (χ1v) is 6.27. The lowest BCUT2D eigenvalue weighted by Crippen LogP contribution is -2.16. The summed E-state index contributed by atoms with van der Waals surface area (Å²) >= 11 is 1.62. The molecule has 0 amide bonds. The van der Waals surface area contributed by atoms with Gasteiger partial charge in [-0.1, -0.05) is 12.1 Å². The zero-order valence-electron chi connectivity index (χ0n) is 9.72. The third kappa shape index (κ3) is 4.53. The van der Waals surface area contributed by atoms with Gasteiger partial charge < -0.3 is 15.6 Å². The number of aliphatic hydroxyl groups is 1. The number of methoxy groups -OCH3 is 1. The molecule has 4 heteroatoms. The number of ether oxygens (including phenoxy) is 1. The number of hydrogen-bond acceptors (Lipinski definition) is 4. The van der Waals surface area contributed by atoms with Crippen molar-refractivity contribution in [1.82, 2.24) is 0 Å². The molecule has 2 unspecified atom stereocenters. The Balaban J connectivity index is 2.43. The van der Waals surface area contributed by atoms with Crippen LogP contribution in [0.4, 0.5) is 0 Å². The van der Waals surface area contributed by atoms with Gasteiger partial charge in [-0.05, 0) is 24.6 Å². The first kappa shape index (κ1) is 13.5. The highest BCUT2D eigenvalue weighted by molar-refractivity contribution is 7.99. The Morgan fingerprint density at radius 1 is 1.38 bits per heavy atom. The number of nitrogens with two attached hydrogens (primary N) is 1. The van der Waals surface area contributed by atoms with Gasteiger partial charge in [0.25, 0.3) is 0 Å². The van der Waals surface area contributed by atoms with E-state index in [1.54, 1.807) is 18.9 Å². The average molecular weight is 241 g/mol. The molecular weight excluding hydrogens is 222 g/mol. The Morgan fingerprint density at radius 2 is 2.00 bits per heavy atom. The summed E-state index contributed by atoms with van der Waals surface area (Å²) in [6.45, 7) is 2.34. The normalized spacial score (nSPS) is 14.8.